The quantitative estimate of drug-likeness (QED) is 0.187. The van der Waals surface area contributed by atoms with Crippen LogP contribution >= 0.6 is 23.1 Å². The number of rotatable bonds is 10. The van der Waals surface area contributed by atoms with Crippen LogP contribution in [0, 0.1) is 0 Å². The number of thiophene rings is 1. The molecule has 0 saturated heterocycles. The second-order valence-corrected chi connectivity index (χ2v) is 9.67. The van der Waals surface area contributed by atoms with Crippen molar-refractivity contribution in [1.82, 2.24) is 0 Å². The molecule has 10 heteroatoms. The Kier molecular flexibility index (Phi) is 9.43. The van der Waals surface area contributed by atoms with Crippen molar-refractivity contribution in [3.8, 4) is 11.1 Å². The molecule has 0 radical (unpaired) electrons. The first-order valence-corrected chi connectivity index (χ1v) is 12.7. The largest absolute Gasteiger partial charge is 0.478 e. The number of carboxylic acids is 1. The van der Waals surface area contributed by atoms with Crippen LogP contribution in [-0.4, -0.2) is 40.7 Å². The topological polar surface area (TPSA) is 122 Å². The molecule has 0 aliphatic rings. The van der Waals surface area contributed by atoms with Crippen LogP contribution in [0.5, 0.6) is 0 Å². The van der Waals surface area contributed by atoms with Crippen LogP contribution in [0.3, 0.4) is 0 Å². The van der Waals surface area contributed by atoms with E-state index in [1.54, 1.807) is 38.1 Å². The van der Waals surface area contributed by atoms with E-state index in [9.17, 15) is 19.2 Å². The first kappa shape index (κ1) is 26.7. The molecule has 36 heavy (non-hydrogen) atoms. The lowest BCUT2D eigenvalue weighted by molar-refractivity contribution is -0.131. The van der Waals surface area contributed by atoms with Gasteiger partial charge in [0.15, 0.2) is 0 Å². The van der Waals surface area contributed by atoms with Crippen molar-refractivity contribution in [3.05, 3.63) is 77.7 Å². The Morgan fingerprint density at radius 2 is 1.81 bits per heavy atom. The molecule has 3 N–H and O–H groups in total. The Labute approximate surface area is 216 Å². The summed E-state index contributed by atoms with van der Waals surface area (Å²) < 4.78 is 5.24. The summed E-state index contributed by atoms with van der Waals surface area (Å²) in [5.74, 6) is -2.61. The second-order valence-electron chi connectivity index (χ2n) is 7.38. The minimum Gasteiger partial charge on any atom is -0.478 e. The third kappa shape index (κ3) is 7.30. The van der Waals surface area contributed by atoms with Gasteiger partial charge in [0.1, 0.15) is 10.6 Å². The van der Waals surface area contributed by atoms with Crippen molar-refractivity contribution < 1.29 is 29.0 Å². The van der Waals surface area contributed by atoms with E-state index < -0.39 is 23.1 Å². The van der Waals surface area contributed by atoms with Crippen LogP contribution in [-0.2, 0) is 19.1 Å². The van der Waals surface area contributed by atoms with E-state index in [0.717, 1.165) is 22.6 Å². The highest BCUT2D eigenvalue weighted by Gasteiger charge is 2.24. The number of thioether (sulfide) groups is 1. The maximum Gasteiger partial charge on any atom is 0.341 e. The standard InChI is InChI=1S/C26H24N2O6S2/c1-3-34-26(33)23-20(17-8-5-4-6-9-17)15-35-25(23)28-24(32)16(2)36-19-11-7-10-18(14-19)27-21(29)12-13-22(30)31/h4-16H,3H2,1-2H3,(H,27,29)(H,28,32)(H,30,31)/b13-12+. The van der Waals surface area contributed by atoms with Crippen molar-refractivity contribution in [1.29, 1.82) is 0 Å². The Balaban J connectivity index is 1.73. The van der Waals surface area contributed by atoms with Gasteiger partial charge < -0.3 is 20.5 Å². The summed E-state index contributed by atoms with van der Waals surface area (Å²) in [6.07, 6.45) is 1.67. The van der Waals surface area contributed by atoms with Gasteiger partial charge in [-0.05, 0) is 37.6 Å². The summed E-state index contributed by atoms with van der Waals surface area (Å²) in [4.78, 5) is 48.8. The summed E-state index contributed by atoms with van der Waals surface area (Å²) in [6, 6.07) is 16.3. The predicted octanol–water partition coefficient (Wildman–Crippen LogP) is 5.29. The molecule has 3 rings (SSSR count). The lowest BCUT2D eigenvalue weighted by Gasteiger charge is -2.13. The molecule has 0 bridgehead atoms. The zero-order valence-corrected chi connectivity index (χ0v) is 21.2. The molecule has 2 aromatic carbocycles. The number of hydrogen-bond donors (Lipinski definition) is 3. The fourth-order valence-electron chi connectivity index (χ4n) is 3.14. The Bertz CT molecular complexity index is 1290. The minimum absolute atomic E-state index is 0.210. The Morgan fingerprint density at radius 3 is 2.50 bits per heavy atom. The van der Waals surface area contributed by atoms with Crippen molar-refractivity contribution in [2.24, 2.45) is 0 Å². The molecule has 1 aromatic heterocycles. The lowest BCUT2D eigenvalue weighted by Crippen LogP contribution is -2.23. The molecular formula is C26H24N2O6S2. The molecule has 0 aliphatic carbocycles. The van der Waals surface area contributed by atoms with Gasteiger partial charge in [0, 0.05) is 33.7 Å². The summed E-state index contributed by atoms with van der Waals surface area (Å²) in [5, 5.41) is 15.8. The number of ether oxygens (including phenoxy) is 1. The van der Waals surface area contributed by atoms with Crippen LogP contribution in [0.4, 0.5) is 10.7 Å². The van der Waals surface area contributed by atoms with Gasteiger partial charge in [-0.15, -0.1) is 23.1 Å². The maximum absolute atomic E-state index is 13.0. The smallest absolute Gasteiger partial charge is 0.341 e. The van der Waals surface area contributed by atoms with Crippen molar-refractivity contribution in [2.75, 3.05) is 17.2 Å². The number of anilines is 2. The van der Waals surface area contributed by atoms with E-state index in [1.807, 2.05) is 35.7 Å². The average Bonchev–Trinajstić information content (AvgIpc) is 3.27. The highest BCUT2D eigenvalue weighted by Crippen LogP contribution is 2.37. The normalized spacial score (nSPS) is 11.6. The Hall–Kier alpha value is -3.89. The molecule has 0 spiro atoms. The zero-order chi connectivity index (χ0) is 26.1. The minimum atomic E-state index is -1.22. The average molecular weight is 525 g/mol. The van der Waals surface area contributed by atoms with Gasteiger partial charge in [-0.1, -0.05) is 36.4 Å². The van der Waals surface area contributed by atoms with Gasteiger partial charge in [-0.25, -0.2) is 9.59 Å². The van der Waals surface area contributed by atoms with Gasteiger partial charge in [0.25, 0.3) is 0 Å². The van der Waals surface area contributed by atoms with Crippen LogP contribution in [0.2, 0.25) is 0 Å². The molecule has 2 amide bonds. The second kappa shape index (κ2) is 12.7. The van der Waals surface area contributed by atoms with Gasteiger partial charge in [0.2, 0.25) is 11.8 Å². The fourth-order valence-corrected chi connectivity index (χ4v) is 5.02. The number of carbonyl (C=O) groups excluding carboxylic acids is 3. The fraction of sp³-hybridized carbons (Fsp3) is 0.154. The first-order valence-electron chi connectivity index (χ1n) is 10.9. The van der Waals surface area contributed by atoms with Crippen molar-refractivity contribution in [2.45, 2.75) is 24.0 Å². The molecule has 1 atom stereocenters. The number of nitrogens with one attached hydrogen (secondary N) is 2. The number of aliphatic carboxylic acids is 1. The molecular weight excluding hydrogens is 500 g/mol. The van der Waals surface area contributed by atoms with Crippen molar-refractivity contribution in [3.63, 3.8) is 0 Å². The third-order valence-electron chi connectivity index (χ3n) is 4.75. The van der Waals surface area contributed by atoms with Crippen LogP contribution in [0.25, 0.3) is 11.1 Å². The van der Waals surface area contributed by atoms with Gasteiger partial charge in [-0.3, -0.25) is 9.59 Å². The highest BCUT2D eigenvalue weighted by atomic mass is 32.2. The van der Waals surface area contributed by atoms with Gasteiger partial charge in [-0.2, -0.15) is 0 Å². The van der Waals surface area contributed by atoms with E-state index in [4.69, 9.17) is 9.84 Å². The number of hydrogen-bond acceptors (Lipinski definition) is 7. The molecule has 1 unspecified atom stereocenters. The van der Waals surface area contributed by atoms with E-state index in [0.29, 0.717) is 21.8 Å². The van der Waals surface area contributed by atoms with E-state index in [-0.39, 0.29) is 12.5 Å². The molecule has 8 nitrogen and oxygen atoms in total. The number of carboxylic acid groups (broad SMARTS) is 1. The predicted molar refractivity (Wildman–Crippen MR) is 142 cm³/mol. The van der Waals surface area contributed by atoms with E-state index in [1.165, 1.54) is 23.1 Å². The van der Waals surface area contributed by atoms with Crippen LogP contribution in [0.15, 0.2) is 77.0 Å². The molecule has 3 aromatic rings. The van der Waals surface area contributed by atoms with E-state index >= 15 is 0 Å². The molecule has 1 heterocycles. The van der Waals surface area contributed by atoms with Crippen LogP contribution < -0.4 is 10.6 Å². The molecule has 0 saturated carbocycles. The van der Waals surface area contributed by atoms with E-state index in [2.05, 4.69) is 10.6 Å². The highest BCUT2D eigenvalue weighted by molar-refractivity contribution is 8.00. The summed E-state index contributed by atoms with van der Waals surface area (Å²) >= 11 is 2.53. The summed E-state index contributed by atoms with van der Waals surface area (Å²) in [5.41, 5.74) is 2.31. The first-order chi connectivity index (χ1) is 17.3. The van der Waals surface area contributed by atoms with Crippen molar-refractivity contribution >= 4 is 57.5 Å². The monoisotopic (exact) mass is 524 g/mol. The molecule has 0 fully saturated rings. The molecule has 0 aliphatic heterocycles. The third-order valence-corrected chi connectivity index (χ3v) is 6.74. The summed E-state index contributed by atoms with van der Waals surface area (Å²) in [6.45, 7) is 3.67. The number of esters is 1. The number of benzene rings is 2. The summed E-state index contributed by atoms with van der Waals surface area (Å²) in [7, 11) is 0. The van der Waals surface area contributed by atoms with Crippen LogP contribution in [0.1, 0.15) is 24.2 Å². The van der Waals surface area contributed by atoms with Gasteiger partial charge >= 0.3 is 11.9 Å². The Morgan fingerprint density at radius 1 is 1.06 bits per heavy atom. The van der Waals surface area contributed by atoms with Gasteiger partial charge in [0.05, 0.1) is 11.9 Å². The zero-order valence-electron chi connectivity index (χ0n) is 19.5. The number of carbonyl (C=O) groups is 4. The number of amides is 2. The SMILES string of the molecule is CCOC(=O)c1c(-c2ccccc2)csc1NC(=O)C(C)Sc1cccc(NC(=O)/C=C/C(=O)O)c1. The lowest BCUT2D eigenvalue weighted by atomic mass is 10.0. The maximum atomic E-state index is 13.0. The molecule has 186 valence electrons.